The molecule has 0 amide bonds. The van der Waals surface area contributed by atoms with Crippen LogP contribution < -0.4 is 10.6 Å². The highest BCUT2D eigenvalue weighted by Gasteiger charge is 2.30. The van der Waals surface area contributed by atoms with Crippen LogP contribution in [0.5, 0.6) is 0 Å². The maximum absolute atomic E-state index is 13.5. The maximum atomic E-state index is 13.5. The van der Waals surface area contributed by atoms with Gasteiger partial charge < -0.3 is 20.2 Å². The summed E-state index contributed by atoms with van der Waals surface area (Å²) < 4.78 is 5.93. The number of nitrogens with zero attached hydrogens (tertiary/aromatic N) is 1. The molecule has 5 rings (SSSR count). The third-order valence-electron chi connectivity index (χ3n) is 6.81. The number of para-hydroxylation sites is 1. The lowest BCUT2D eigenvalue weighted by Gasteiger charge is -2.30. The van der Waals surface area contributed by atoms with Crippen LogP contribution in [0.1, 0.15) is 53.1 Å². The summed E-state index contributed by atoms with van der Waals surface area (Å²) in [6, 6.07) is 19.4. The van der Waals surface area contributed by atoms with Gasteiger partial charge in [0, 0.05) is 18.7 Å². The van der Waals surface area contributed by atoms with Crippen LogP contribution in [0.2, 0.25) is 0 Å². The first-order valence-electron chi connectivity index (χ1n) is 12.2. The van der Waals surface area contributed by atoms with E-state index in [0.29, 0.717) is 23.7 Å². The van der Waals surface area contributed by atoms with Crippen LogP contribution in [0, 0.1) is 6.92 Å². The summed E-state index contributed by atoms with van der Waals surface area (Å²) in [6.45, 7) is 4.62. The molecule has 3 N–H and O–H groups in total. The number of hydrogen-bond acceptors (Lipinski definition) is 6. The largest absolute Gasteiger partial charge is 0.481 e. The lowest BCUT2D eigenvalue weighted by Crippen LogP contribution is -2.37. The van der Waals surface area contributed by atoms with Crippen LogP contribution in [0.25, 0.3) is 11.1 Å². The summed E-state index contributed by atoms with van der Waals surface area (Å²) >= 11 is 0. The Morgan fingerprint density at radius 3 is 2.81 bits per heavy atom. The highest BCUT2D eigenvalue weighted by Crippen LogP contribution is 2.34. The van der Waals surface area contributed by atoms with Crippen LogP contribution in [0.4, 0.5) is 11.7 Å². The molecule has 36 heavy (non-hydrogen) atoms. The van der Waals surface area contributed by atoms with Gasteiger partial charge in [0.25, 0.3) is 6.01 Å². The number of hydrogen-bond donors (Lipinski definition) is 3. The minimum absolute atomic E-state index is 0.0262. The van der Waals surface area contributed by atoms with Crippen molar-refractivity contribution >= 4 is 34.6 Å². The van der Waals surface area contributed by atoms with E-state index in [4.69, 9.17) is 4.42 Å². The molecule has 0 saturated heterocycles. The average molecular weight is 484 g/mol. The third-order valence-corrected chi connectivity index (χ3v) is 6.81. The van der Waals surface area contributed by atoms with Crippen LogP contribution in [0.15, 0.2) is 65.1 Å². The molecule has 0 spiro atoms. The number of Topliss-reactive ketones (excluding diaryl/α,β-unsaturated/α-hetero) is 1. The van der Waals surface area contributed by atoms with Gasteiger partial charge in [0.2, 0.25) is 0 Å². The predicted molar refractivity (Wildman–Crippen MR) is 139 cm³/mol. The second kappa shape index (κ2) is 9.95. The number of rotatable bonds is 8. The Hall–Kier alpha value is -3.97. The van der Waals surface area contributed by atoms with E-state index < -0.39 is 12.0 Å². The Balaban J connectivity index is 1.38. The molecule has 0 saturated carbocycles. The van der Waals surface area contributed by atoms with Crippen molar-refractivity contribution in [2.45, 2.75) is 45.1 Å². The highest BCUT2D eigenvalue weighted by molar-refractivity contribution is 5.89. The number of aromatic nitrogens is 1. The van der Waals surface area contributed by atoms with Gasteiger partial charge >= 0.3 is 5.97 Å². The fourth-order valence-electron chi connectivity index (χ4n) is 5.00. The average Bonchev–Trinajstić information content (AvgIpc) is 3.26. The van der Waals surface area contributed by atoms with Gasteiger partial charge in [-0.05, 0) is 65.3 Å². The van der Waals surface area contributed by atoms with Crippen LogP contribution >= 0.6 is 0 Å². The van der Waals surface area contributed by atoms with Crippen molar-refractivity contribution in [1.82, 2.24) is 10.3 Å². The normalized spacial score (nSPS) is 15.9. The van der Waals surface area contributed by atoms with Gasteiger partial charge in [-0.25, -0.2) is 0 Å². The van der Waals surface area contributed by atoms with Crippen molar-refractivity contribution in [2.24, 2.45) is 0 Å². The molecule has 2 heterocycles. The Morgan fingerprint density at radius 1 is 1.17 bits per heavy atom. The molecule has 0 fully saturated rings. The summed E-state index contributed by atoms with van der Waals surface area (Å²) in [4.78, 5) is 29.4. The monoisotopic (exact) mass is 483 g/mol. The number of carboxylic acids is 1. The summed E-state index contributed by atoms with van der Waals surface area (Å²) in [5.41, 5.74) is 7.16. The number of aliphatic carboxylic acids is 1. The predicted octanol–water partition coefficient (Wildman–Crippen LogP) is 5.46. The Kier molecular flexibility index (Phi) is 6.57. The quantitative estimate of drug-likeness (QED) is 0.306. The molecule has 4 aromatic rings. The maximum Gasteiger partial charge on any atom is 0.303 e. The first-order chi connectivity index (χ1) is 17.4. The zero-order chi connectivity index (χ0) is 25.2. The van der Waals surface area contributed by atoms with Crippen molar-refractivity contribution in [3.63, 3.8) is 0 Å². The lowest BCUT2D eigenvalue weighted by atomic mass is 9.82. The molecule has 0 bridgehead atoms. The van der Waals surface area contributed by atoms with E-state index in [1.807, 2.05) is 74.5 Å². The molecule has 0 radical (unpaired) electrons. The Bertz CT molecular complexity index is 1440. The lowest BCUT2D eigenvalue weighted by molar-refractivity contribution is -0.137. The number of benzene rings is 3. The van der Waals surface area contributed by atoms with Crippen LogP contribution in [-0.4, -0.2) is 28.4 Å². The van der Waals surface area contributed by atoms with Gasteiger partial charge in [-0.1, -0.05) is 49.4 Å². The number of carbonyl (C=O) groups excluding carboxylic acids is 1. The number of ketones is 1. The number of oxazole rings is 1. The van der Waals surface area contributed by atoms with Gasteiger partial charge in [-0.2, -0.15) is 4.98 Å². The van der Waals surface area contributed by atoms with Gasteiger partial charge in [0.05, 0.1) is 12.5 Å². The molecule has 1 aromatic heterocycles. The van der Waals surface area contributed by atoms with Crippen molar-refractivity contribution in [2.75, 3.05) is 11.9 Å². The second-order valence-corrected chi connectivity index (χ2v) is 9.46. The molecule has 184 valence electrons. The fraction of sp³-hybridized carbons (Fsp3) is 0.276. The minimum atomic E-state index is -0.844. The first-order valence-corrected chi connectivity index (χ1v) is 12.2. The van der Waals surface area contributed by atoms with Gasteiger partial charge in [0.1, 0.15) is 5.52 Å². The van der Waals surface area contributed by atoms with Crippen molar-refractivity contribution in [3.05, 3.63) is 88.5 Å². The molecule has 2 unspecified atom stereocenters. The van der Waals surface area contributed by atoms with E-state index >= 15 is 0 Å². The number of fused-ring (bicyclic) bond motifs is 2. The standard InChI is InChI=1S/C29H29N3O4/c1-17-6-3-4-9-22(17)31-29-32-23-11-10-19(16-25(23)36-29)15-24(33)28-27-20(12-13-30-28)7-5-8-21(27)18(2)14-26(34)35/h3-11,16,18,28,30H,12-15H2,1-2H3,(H,31,32)(H,34,35). The Morgan fingerprint density at radius 2 is 2.00 bits per heavy atom. The van der Waals surface area contributed by atoms with E-state index in [0.717, 1.165) is 39.9 Å². The number of anilines is 2. The molecule has 1 aliphatic rings. The minimum Gasteiger partial charge on any atom is -0.481 e. The molecule has 0 aliphatic carbocycles. The Labute approximate surface area is 209 Å². The molecule has 7 nitrogen and oxygen atoms in total. The summed E-state index contributed by atoms with van der Waals surface area (Å²) in [7, 11) is 0. The van der Waals surface area contributed by atoms with E-state index in [2.05, 4.69) is 15.6 Å². The smallest absolute Gasteiger partial charge is 0.303 e. The first kappa shape index (κ1) is 23.8. The van der Waals surface area contributed by atoms with Gasteiger partial charge in [-0.3, -0.25) is 9.59 Å². The van der Waals surface area contributed by atoms with Gasteiger partial charge in [0.15, 0.2) is 11.4 Å². The number of aryl methyl sites for hydroxylation is 1. The fourth-order valence-corrected chi connectivity index (χ4v) is 5.00. The van der Waals surface area contributed by atoms with Crippen molar-refractivity contribution < 1.29 is 19.1 Å². The number of carboxylic acid groups (broad SMARTS) is 1. The molecule has 1 aliphatic heterocycles. The third kappa shape index (κ3) is 4.88. The van der Waals surface area contributed by atoms with Gasteiger partial charge in [-0.15, -0.1) is 0 Å². The van der Waals surface area contributed by atoms with E-state index in [1.54, 1.807) is 0 Å². The van der Waals surface area contributed by atoms with Crippen molar-refractivity contribution in [1.29, 1.82) is 0 Å². The second-order valence-electron chi connectivity index (χ2n) is 9.46. The van der Waals surface area contributed by atoms with Crippen LogP contribution in [-0.2, 0) is 22.4 Å². The SMILES string of the molecule is Cc1ccccc1Nc1nc2ccc(CC(=O)C3NCCc4cccc(C(C)CC(=O)O)c43)cc2o1. The van der Waals surface area contributed by atoms with E-state index in [9.17, 15) is 14.7 Å². The molecule has 7 heteroatoms. The molecule has 2 atom stereocenters. The zero-order valence-corrected chi connectivity index (χ0v) is 20.4. The molecular formula is C29H29N3O4. The van der Waals surface area contributed by atoms with Crippen LogP contribution in [0.3, 0.4) is 0 Å². The topological polar surface area (TPSA) is 104 Å². The van der Waals surface area contributed by atoms with E-state index in [1.165, 1.54) is 0 Å². The molecular weight excluding hydrogens is 454 g/mol. The zero-order valence-electron chi connectivity index (χ0n) is 20.4. The summed E-state index contributed by atoms with van der Waals surface area (Å²) in [5, 5.41) is 15.9. The number of carbonyl (C=O) groups is 2. The summed E-state index contributed by atoms with van der Waals surface area (Å²) in [6.07, 6.45) is 1.07. The van der Waals surface area contributed by atoms with E-state index in [-0.39, 0.29) is 24.5 Å². The number of nitrogens with one attached hydrogen (secondary N) is 2. The highest BCUT2D eigenvalue weighted by atomic mass is 16.4. The summed E-state index contributed by atoms with van der Waals surface area (Å²) in [5.74, 6) is -0.983. The van der Waals surface area contributed by atoms with Crippen molar-refractivity contribution in [3.8, 4) is 0 Å². The molecule has 3 aromatic carbocycles.